The average Bonchev–Trinajstić information content (AvgIpc) is 2.43. The van der Waals surface area contributed by atoms with Crippen LogP contribution < -0.4 is 4.72 Å². The summed E-state index contributed by atoms with van der Waals surface area (Å²) in [5.74, 6) is 0. The molecular formula is C15H25IN2O2S. The lowest BCUT2D eigenvalue weighted by atomic mass is 10.2. The normalized spacial score (nSPS) is 13.6. The minimum atomic E-state index is -3.41. The number of sulfonamides is 1. The predicted octanol–water partition coefficient (Wildman–Crippen LogP) is 3.08. The average molecular weight is 424 g/mol. The van der Waals surface area contributed by atoms with Crippen molar-refractivity contribution in [1.82, 2.24) is 9.62 Å². The minimum Gasteiger partial charge on any atom is -0.304 e. The molecule has 0 unspecified atom stereocenters. The number of benzene rings is 1. The van der Waals surface area contributed by atoms with Gasteiger partial charge in [-0.25, -0.2) is 13.1 Å². The highest BCUT2D eigenvalue weighted by Gasteiger charge is 2.17. The van der Waals surface area contributed by atoms with E-state index < -0.39 is 10.0 Å². The molecule has 0 aliphatic carbocycles. The first-order valence-electron chi connectivity index (χ1n) is 7.39. The second kappa shape index (κ2) is 9.07. The third kappa shape index (κ3) is 6.63. The van der Waals surface area contributed by atoms with Gasteiger partial charge >= 0.3 is 0 Å². The fraction of sp³-hybridized carbons (Fsp3) is 0.600. The zero-order valence-corrected chi connectivity index (χ0v) is 15.9. The van der Waals surface area contributed by atoms with E-state index in [1.54, 1.807) is 24.3 Å². The maximum absolute atomic E-state index is 12.2. The van der Waals surface area contributed by atoms with Gasteiger partial charge in [-0.15, -0.1) is 0 Å². The van der Waals surface area contributed by atoms with Crippen LogP contribution in [0.5, 0.6) is 0 Å². The van der Waals surface area contributed by atoms with E-state index >= 15 is 0 Å². The van der Waals surface area contributed by atoms with Crippen molar-refractivity contribution in [2.24, 2.45) is 0 Å². The number of hydrogen-bond acceptors (Lipinski definition) is 3. The Hall–Kier alpha value is -0.180. The molecule has 0 aliphatic rings. The number of halogens is 1. The molecule has 0 spiro atoms. The van der Waals surface area contributed by atoms with Gasteiger partial charge in [0, 0.05) is 9.61 Å². The van der Waals surface area contributed by atoms with Crippen LogP contribution in [0.25, 0.3) is 0 Å². The molecule has 4 nitrogen and oxygen atoms in total. The number of nitrogens with one attached hydrogen (secondary N) is 1. The molecule has 0 fully saturated rings. The Balaban J connectivity index is 2.49. The second-order valence-electron chi connectivity index (χ2n) is 5.15. The number of rotatable bonds is 9. The van der Waals surface area contributed by atoms with E-state index in [1.807, 2.05) is 6.92 Å². The topological polar surface area (TPSA) is 49.4 Å². The highest BCUT2D eigenvalue weighted by Crippen LogP contribution is 2.13. The van der Waals surface area contributed by atoms with Crippen molar-refractivity contribution < 1.29 is 8.42 Å². The van der Waals surface area contributed by atoms with Crippen LogP contribution >= 0.6 is 22.6 Å². The predicted molar refractivity (Wildman–Crippen MR) is 96.0 cm³/mol. The SMILES string of the molecule is CCN(CC)CCC[C@H](C)NS(=O)(=O)c1ccc(I)cc1. The molecule has 1 aromatic rings. The van der Waals surface area contributed by atoms with E-state index in [0.29, 0.717) is 4.90 Å². The van der Waals surface area contributed by atoms with Crippen molar-refractivity contribution in [3.63, 3.8) is 0 Å². The molecule has 0 bridgehead atoms. The second-order valence-corrected chi connectivity index (χ2v) is 8.10. The van der Waals surface area contributed by atoms with Crippen LogP contribution in [-0.4, -0.2) is 39.0 Å². The summed E-state index contributed by atoms with van der Waals surface area (Å²) in [4.78, 5) is 2.68. The third-order valence-electron chi connectivity index (χ3n) is 3.49. The lowest BCUT2D eigenvalue weighted by Gasteiger charge is -2.19. The standard InChI is InChI=1S/C15H25IN2O2S/c1-4-18(5-2)12-6-7-13(3)17-21(19,20)15-10-8-14(16)9-11-15/h8-11,13,17H,4-7,12H2,1-3H3/t13-/m0/s1. The van der Waals surface area contributed by atoms with Gasteiger partial charge in [0.15, 0.2) is 0 Å². The van der Waals surface area contributed by atoms with Crippen molar-refractivity contribution in [3.8, 4) is 0 Å². The molecule has 21 heavy (non-hydrogen) atoms. The molecular weight excluding hydrogens is 399 g/mol. The van der Waals surface area contributed by atoms with E-state index in [2.05, 4.69) is 46.1 Å². The van der Waals surface area contributed by atoms with E-state index in [0.717, 1.165) is 36.0 Å². The molecule has 0 heterocycles. The number of nitrogens with zero attached hydrogens (tertiary/aromatic N) is 1. The van der Waals surface area contributed by atoms with Crippen molar-refractivity contribution in [1.29, 1.82) is 0 Å². The van der Waals surface area contributed by atoms with Crippen LogP contribution in [0, 0.1) is 3.57 Å². The van der Waals surface area contributed by atoms with E-state index in [4.69, 9.17) is 0 Å². The van der Waals surface area contributed by atoms with Gasteiger partial charge in [0.1, 0.15) is 0 Å². The first kappa shape index (κ1) is 18.9. The summed E-state index contributed by atoms with van der Waals surface area (Å²) in [6.07, 6.45) is 1.85. The van der Waals surface area contributed by atoms with Crippen LogP contribution in [-0.2, 0) is 10.0 Å². The van der Waals surface area contributed by atoms with Crippen LogP contribution in [0.4, 0.5) is 0 Å². The molecule has 0 aliphatic heterocycles. The Labute approximate surface area is 142 Å². The zero-order chi connectivity index (χ0) is 15.9. The van der Waals surface area contributed by atoms with Crippen LogP contribution in [0.2, 0.25) is 0 Å². The maximum Gasteiger partial charge on any atom is 0.240 e. The fourth-order valence-electron chi connectivity index (χ4n) is 2.17. The van der Waals surface area contributed by atoms with Gasteiger partial charge in [0.2, 0.25) is 10.0 Å². The van der Waals surface area contributed by atoms with Crippen LogP contribution in [0.1, 0.15) is 33.6 Å². The van der Waals surface area contributed by atoms with Gasteiger partial charge in [0.05, 0.1) is 4.90 Å². The summed E-state index contributed by atoms with van der Waals surface area (Å²) in [5, 5.41) is 0. The molecule has 1 rings (SSSR count). The van der Waals surface area contributed by atoms with Crippen LogP contribution in [0.3, 0.4) is 0 Å². The molecule has 120 valence electrons. The highest BCUT2D eigenvalue weighted by molar-refractivity contribution is 14.1. The molecule has 0 radical (unpaired) electrons. The lowest BCUT2D eigenvalue weighted by Crippen LogP contribution is -2.33. The highest BCUT2D eigenvalue weighted by atomic mass is 127. The van der Waals surface area contributed by atoms with Crippen LogP contribution in [0.15, 0.2) is 29.2 Å². The summed E-state index contributed by atoms with van der Waals surface area (Å²) in [7, 11) is -3.41. The largest absolute Gasteiger partial charge is 0.304 e. The Kier molecular flexibility index (Phi) is 8.15. The van der Waals surface area contributed by atoms with Crippen molar-refractivity contribution in [2.75, 3.05) is 19.6 Å². The van der Waals surface area contributed by atoms with Crippen molar-refractivity contribution >= 4 is 32.6 Å². The van der Waals surface area contributed by atoms with Crippen molar-refractivity contribution in [3.05, 3.63) is 27.8 Å². The summed E-state index contributed by atoms with van der Waals surface area (Å²) < 4.78 is 28.3. The molecule has 1 atom stereocenters. The third-order valence-corrected chi connectivity index (χ3v) is 5.81. The van der Waals surface area contributed by atoms with E-state index in [9.17, 15) is 8.42 Å². The Morgan fingerprint density at radius 3 is 2.29 bits per heavy atom. The maximum atomic E-state index is 12.2. The van der Waals surface area contributed by atoms with Gasteiger partial charge in [0.25, 0.3) is 0 Å². The zero-order valence-electron chi connectivity index (χ0n) is 13.0. The van der Waals surface area contributed by atoms with Gasteiger partial charge in [-0.3, -0.25) is 0 Å². The molecule has 1 aromatic carbocycles. The van der Waals surface area contributed by atoms with Crippen molar-refractivity contribution in [2.45, 2.75) is 44.6 Å². The minimum absolute atomic E-state index is 0.0511. The first-order valence-corrected chi connectivity index (χ1v) is 9.95. The molecule has 1 N–H and O–H groups in total. The van der Waals surface area contributed by atoms with Gasteiger partial charge in [-0.2, -0.15) is 0 Å². The summed E-state index contributed by atoms with van der Waals surface area (Å²) in [6, 6.07) is 6.85. The number of hydrogen-bond donors (Lipinski definition) is 1. The van der Waals surface area contributed by atoms with Gasteiger partial charge in [-0.1, -0.05) is 13.8 Å². The lowest BCUT2D eigenvalue weighted by molar-refractivity contribution is 0.293. The molecule has 6 heteroatoms. The molecule has 0 amide bonds. The Morgan fingerprint density at radius 2 is 1.76 bits per heavy atom. The Bertz CT molecular complexity index is 513. The molecule has 0 saturated carbocycles. The summed E-state index contributed by atoms with van der Waals surface area (Å²) in [5.41, 5.74) is 0. The van der Waals surface area contributed by atoms with E-state index in [-0.39, 0.29) is 6.04 Å². The molecule has 0 aromatic heterocycles. The Morgan fingerprint density at radius 1 is 1.19 bits per heavy atom. The quantitative estimate of drug-likeness (QED) is 0.620. The smallest absolute Gasteiger partial charge is 0.240 e. The fourth-order valence-corrected chi connectivity index (χ4v) is 3.80. The molecule has 0 saturated heterocycles. The van der Waals surface area contributed by atoms with E-state index in [1.165, 1.54) is 0 Å². The van der Waals surface area contributed by atoms with Gasteiger partial charge < -0.3 is 4.90 Å². The monoisotopic (exact) mass is 424 g/mol. The summed E-state index contributed by atoms with van der Waals surface area (Å²) >= 11 is 2.16. The summed E-state index contributed by atoms with van der Waals surface area (Å²) in [6.45, 7) is 9.31. The van der Waals surface area contributed by atoms with Gasteiger partial charge in [-0.05, 0) is 86.3 Å². The first-order chi connectivity index (χ1) is 9.89.